The fraction of sp³-hybridized carbons (Fsp3) is 0.250. The average molecular weight is 161 g/mol. The number of aromatic amines is 1. The van der Waals surface area contributed by atoms with Crippen LogP contribution < -0.4 is 10.3 Å². The molecule has 0 bridgehead atoms. The minimum atomic E-state index is 0.00926. The topological polar surface area (TPSA) is 74.3 Å². The molecule has 6 heteroatoms. The summed E-state index contributed by atoms with van der Waals surface area (Å²) in [6.07, 6.45) is 1.62. The van der Waals surface area contributed by atoms with E-state index in [1.165, 1.54) is 18.4 Å². The number of hydrogen-bond acceptors (Lipinski definition) is 4. The summed E-state index contributed by atoms with van der Waals surface area (Å²) >= 11 is 1.17. The fourth-order valence-corrected chi connectivity index (χ4v) is 0.628. The summed E-state index contributed by atoms with van der Waals surface area (Å²) in [7, 11) is 1.45. The maximum Gasteiger partial charge on any atom is 0.304 e. The second kappa shape index (κ2) is 5.96. The molecule has 0 aromatic carbocycles. The molecule has 0 aliphatic carbocycles. The Kier molecular flexibility index (Phi) is 5.26. The summed E-state index contributed by atoms with van der Waals surface area (Å²) in [5.74, 6) is 0. The lowest BCUT2D eigenvalue weighted by Crippen LogP contribution is -1.87. The lowest BCUT2D eigenvalue weighted by molar-refractivity contribution is 0.889. The summed E-state index contributed by atoms with van der Waals surface area (Å²) in [4.78, 5) is 21.3. The van der Waals surface area contributed by atoms with Crippen LogP contribution in [0, 0.1) is 4.91 Å². The molecule has 0 saturated carbocycles. The molecule has 0 amide bonds. The third-order valence-electron chi connectivity index (χ3n) is 0.536. The van der Waals surface area contributed by atoms with Crippen molar-refractivity contribution >= 4 is 11.3 Å². The first-order valence-corrected chi connectivity index (χ1v) is 3.30. The first-order valence-electron chi connectivity index (χ1n) is 2.42. The zero-order valence-corrected chi connectivity index (χ0v) is 6.14. The maximum absolute atomic E-state index is 10.0. The Morgan fingerprint density at radius 2 is 2.40 bits per heavy atom. The molecule has 10 heavy (non-hydrogen) atoms. The third-order valence-corrected chi connectivity index (χ3v) is 1.14. The smallest absolute Gasteiger partial charge is 0.304 e. The molecule has 2 N–H and O–H groups in total. The van der Waals surface area contributed by atoms with Crippen molar-refractivity contribution in [2.24, 2.45) is 5.29 Å². The van der Waals surface area contributed by atoms with Crippen LogP contribution in [0.1, 0.15) is 0 Å². The highest BCUT2D eigenvalue weighted by Gasteiger charge is 1.72. The molecule has 1 rings (SSSR count). The second-order valence-electron chi connectivity index (χ2n) is 1.17. The van der Waals surface area contributed by atoms with Crippen molar-refractivity contribution in [3.05, 3.63) is 26.2 Å². The van der Waals surface area contributed by atoms with Crippen LogP contribution in [0.3, 0.4) is 0 Å². The summed E-state index contributed by atoms with van der Waals surface area (Å²) < 4.78 is 0. The van der Waals surface area contributed by atoms with Gasteiger partial charge in [0.25, 0.3) is 0 Å². The van der Waals surface area contributed by atoms with Crippen LogP contribution in [0.4, 0.5) is 0 Å². The molecule has 0 saturated heterocycles. The van der Waals surface area contributed by atoms with Gasteiger partial charge in [0.15, 0.2) is 0 Å². The Bertz CT molecular complexity index is 202. The monoisotopic (exact) mass is 161 g/mol. The SMILES string of the molecule is CNN=O.O=c1[nH]ccs1. The van der Waals surface area contributed by atoms with Gasteiger partial charge in [0, 0.05) is 23.9 Å². The molecule has 0 radical (unpaired) electrons. The van der Waals surface area contributed by atoms with Gasteiger partial charge in [-0.25, -0.2) is 0 Å². The Hall–Kier alpha value is -1.17. The van der Waals surface area contributed by atoms with Crippen LogP contribution >= 0.6 is 11.3 Å². The highest BCUT2D eigenvalue weighted by atomic mass is 32.1. The fourth-order valence-electron chi connectivity index (χ4n) is 0.232. The van der Waals surface area contributed by atoms with Gasteiger partial charge in [-0.15, -0.1) is 4.91 Å². The minimum absolute atomic E-state index is 0.00926. The normalized spacial score (nSPS) is 7.30. The van der Waals surface area contributed by atoms with Crippen molar-refractivity contribution in [3.63, 3.8) is 0 Å². The molecule has 0 spiro atoms. The van der Waals surface area contributed by atoms with Crippen molar-refractivity contribution in [2.45, 2.75) is 0 Å². The van der Waals surface area contributed by atoms with Gasteiger partial charge in [0.2, 0.25) is 0 Å². The van der Waals surface area contributed by atoms with Crippen LogP contribution in [0.2, 0.25) is 0 Å². The Balaban J connectivity index is 0.000000180. The van der Waals surface area contributed by atoms with Crippen LogP contribution in [0.5, 0.6) is 0 Å². The maximum atomic E-state index is 10.0. The van der Waals surface area contributed by atoms with Gasteiger partial charge in [0.05, 0.1) is 0 Å². The molecule has 0 atom stereocenters. The summed E-state index contributed by atoms with van der Waals surface area (Å²) in [6.45, 7) is 0. The predicted molar refractivity (Wildman–Crippen MR) is 39.8 cm³/mol. The van der Waals surface area contributed by atoms with Crippen molar-refractivity contribution in [2.75, 3.05) is 7.05 Å². The van der Waals surface area contributed by atoms with E-state index in [4.69, 9.17) is 4.91 Å². The lowest BCUT2D eigenvalue weighted by atomic mass is 11.0. The van der Waals surface area contributed by atoms with Gasteiger partial charge in [-0.05, 0) is 0 Å². The van der Waals surface area contributed by atoms with E-state index < -0.39 is 0 Å². The molecule has 1 aromatic heterocycles. The molecule has 56 valence electrons. The average Bonchev–Trinajstić information content (AvgIpc) is 2.40. The molecule has 0 aliphatic heterocycles. The number of hydrogen-bond donors (Lipinski definition) is 2. The number of nitrogens with zero attached hydrogens (tertiary/aromatic N) is 1. The minimum Gasteiger partial charge on any atom is -0.319 e. The number of nitrogens with one attached hydrogen (secondary N) is 2. The van der Waals surface area contributed by atoms with Crippen LogP contribution in [0.15, 0.2) is 21.7 Å². The summed E-state index contributed by atoms with van der Waals surface area (Å²) in [6, 6.07) is 0. The van der Waals surface area contributed by atoms with Crippen molar-refractivity contribution in [1.82, 2.24) is 10.4 Å². The van der Waals surface area contributed by atoms with Crippen molar-refractivity contribution < 1.29 is 0 Å². The van der Waals surface area contributed by atoms with E-state index >= 15 is 0 Å². The van der Waals surface area contributed by atoms with Gasteiger partial charge in [-0.3, -0.25) is 10.2 Å². The van der Waals surface area contributed by atoms with Gasteiger partial charge in [0.1, 0.15) is 0 Å². The summed E-state index contributed by atoms with van der Waals surface area (Å²) in [5, 5.41) is 3.95. The number of thiazole rings is 1. The zero-order chi connectivity index (χ0) is 7.82. The first kappa shape index (κ1) is 8.83. The Morgan fingerprint density at radius 3 is 2.50 bits per heavy atom. The van der Waals surface area contributed by atoms with Crippen molar-refractivity contribution in [1.29, 1.82) is 0 Å². The number of aromatic nitrogens is 1. The van der Waals surface area contributed by atoms with E-state index in [2.05, 4.69) is 10.3 Å². The quantitative estimate of drug-likeness (QED) is 0.460. The van der Waals surface area contributed by atoms with Gasteiger partial charge >= 0.3 is 4.87 Å². The third kappa shape index (κ3) is 4.98. The molecular weight excluding hydrogens is 154 g/mol. The Labute approximate surface area is 61.0 Å². The van der Waals surface area contributed by atoms with Gasteiger partial charge in [-0.1, -0.05) is 11.3 Å². The number of H-pyrrole nitrogens is 1. The highest BCUT2D eigenvalue weighted by Crippen LogP contribution is 1.76. The predicted octanol–water partition coefficient (Wildman–Crippen LogP) is 0.324. The first-order chi connectivity index (χ1) is 4.81. The zero-order valence-electron chi connectivity index (χ0n) is 5.33. The van der Waals surface area contributed by atoms with E-state index in [-0.39, 0.29) is 4.87 Å². The lowest BCUT2D eigenvalue weighted by Gasteiger charge is -1.63. The van der Waals surface area contributed by atoms with E-state index in [9.17, 15) is 4.79 Å². The molecule has 0 fully saturated rings. The molecule has 1 heterocycles. The molecule has 1 aromatic rings. The summed E-state index contributed by atoms with van der Waals surface area (Å²) in [5.41, 5.74) is 2.00. The van der Waals surface area contributed by atoms with E-state index in [0.717, 1.165) is 0 Å². The largest absolute Gasteiger partial charge is 0.319 e. The standard InChI is InChI=1S/C3H3NOS.CH4N2O/c5-3-4-1-2-6-3;1-2-3-4/h1-2H,(H,4,5);1H3,(H,2,4). The Morgan fingerprint density at radius 1 is 1.80 bits per heavy atom. The van der Waals surface area contributed by atoms with Gasteiger partial charge in [-0.2, -0.15) is 0 Å². The van der Waals surface area contributed by atoms with E-state index in [1.807, 2.05) is 5.43 Å². The van der Waals surface area contributed by atoms with Crippen molar-refractivity contribution in [3.8, 4) is 0 Å². The second-order valence-corrected chi connectivity index (χ2v) is 2.05. The highest BCUT2D eigenvalue weighted by molar-refractivity contribution is 7.07. The van der Waals surface area contributed by atoms with Crippen LogP contribution in [0.25, 0.3) is 0 Å². The van der Waals surface area contributed by atoms with Crippen LogP contribution in [-0.2, 0) is 0 Å². The van der Waals surface area contributed by atoms with Crippen LogP contribution in [-0.4, -0.2) is 12.0 Å². The van der Waals surface area contributed by atoms with E-state index in [1.54, 1.807) is 11.6 Å². The number of rotatable bonds is 1. The number of nitroso groups, excluding NO2 is 1. The molecule has 0 aliphatic rings. The molecule has 0 unspecified atom stereocenters. The molecular formula is C4H7N3O2S. The van der Waals surface area contributed by atoms with E-state index in [0.29, 0.717) is 0 Å². The van der Waals surface area contributed by atoms with Gasteiger partial charge < -0.3 is 4.98 Å². The molecule has 5 nitrogen and oxygen atoms in total.